The number of ether oxygens (including phenoxy) is 1. The van der Waals surface area contributed by atoms with Gasteiger partial charge in [-0.1, -0.05) is 12.1 Å². The number of rotatable bonds is 4. The van der Waals surface area contributed by atoms with Gasteiger partial charge in [0.1, 0.15) is 11.5 Å². The van der Waals surface area contributed by atoms with Crippen molar-refractivity contribution in [2.45, 2.75) is 13.5 Å². The lowest BCUT2D eigenvalue weighted by Crippen LogP contribution is -2.48. The van der Waals surface area contributed by atoms with E-state index < -0.39 is 0 Å². The molecule has 1 amide bonds. The number of furan rings is 1. The van der Waals surface area contributed by atoms with E-state index in [1.807, 2.05) is 37.3 Å². The fraction of sp³-hybridized carbons (Fsp3) is 0.368. The number of carbonyl (C=O) groups is 1. The van der Waals surface area contributed by atoms with Gasteiger partial charge in [0, 0.05) is 31.7 Å². The monoisotopic (exact) mass is 339 g/mol. The van der Waals surface area contributed by atoms with Crippen LogP contribution in [-0.4, -0.2) is 48.7 Å². The van der Waals surface area contributed by atoms with Gasteiger partial charge in [0.25, 0.3) is 0 Å². The zero-order valence-electron chi connectivity index (χ0n) is 14.3. The zero-order chi connectivity index (χ0) is 17.6. The summed E-state index contributed by atoms with van der Waals surface area (Å²) in [6.07, 6.45) is -0.240. The molecule has 0 unspecified atom stereocenters. The summed E-state index contributed by atoms with van der Waals surface area (Å²) >= 11 is 0. The Hall–Kier alpha value is -2.78. The van der Waals surface area contributed by atoms with Crippen LogP contribution in [0.3, 0.4) is 0 Å². The summed E-state index contributed by atoms with van der Waals surface area (Å²) in [6, 6.07) is 13.4. The molecular formula is C19H21N3O3. The molecule has 6 heteroatoms. The molecule has 130 valence electrons. The van der Waals surface area contributed by atoms with E-state index in [2.05, 4.69) is 11.0 Å². The number of hydrogen-bond acceptors (Lipinski definition) is 5. The van der Waals surface area contributed by atoms with E-state index in [0.717, 1.165) is 24.4 Å². The van der Waals surface area contributed by atoms with Gasteiger partial charge >= 0.3 is 6.09 Å². The molecule has 3 rings (SSSR count). The molecule has 1 saturated heterocycles. The highest BCUT2D eigenvalue weighted by atomic mass is 16.6. The molecule has 1 aliphatic rings. The van der Waals surface area contributed by atoms with Crippen LogP contribution >= 0.6 is 0 Å². The molecule has 2 aromatic rings. The Morgan fingerprint density at radius 1 is 1.20 bits per heavy atom. The molecule has 1 aliphatic heterocycles. The molecule has 1 aromatic heterocycles. The van der Waals surface area contributed by atoms with E-state index in [4.69, 9.17) is 9.15 Å². The first-order valence-electron chi connectivity index (χ1n) is 8.43. The molecule has 0 N–H and O–H groups in total. The summed E-state index contributed by atoms with van der Waals surface area (Å²) in [5.41, 5.74) is 1.41. The minimum atomic E-state index is -0.240. The van der Waals surface area contributed by atoms with Crippen LogP contribution in [-0.2, 0) is 11.3 Å². The number of benzene rings is 1. The molecule has 2 heterocycles. The van der Waals surface area contributed by atoms with Crippen molar-refractivity contribution in [1.29, 1.82) is 5.26 Å². The first-order valence-corrected chi connectivity index (χ1v) is 8.43. The van der Waals surface area contributed by atoms with E-state index in [1.165, 1.54) is 0 Å². The molecule has 25 heavy (non-hydrogen) atoms. The summed E-state index contributed by atoms with van der Waals surface area (Å²) in [4.78, 5) is 15.7. The van der Waals surface area contributed by atoms with E-state index in [0.29, 0.717) is 37.6 Å². The quantitative estimate of drug-likeness (QED) is 0.856. The van der Waals surface area contributed by atoms with Gasteiger partial charge < -0.3 is 14.1 Å². The van der Waals surface area contributed by atoms with Crippen molar-refractivity contribution in [2.24, 2.45) is 0 Å². The van der Waals surface area contributed by atoms with Crippen LogP contribution in [0.5, 0.6) is 0 Å². The highest BCUT2D eigenvalue weighted by Gasteiger charge is 2.22. The SMILES string of the molecule is CCOC(=O)N1CCN(Cc2ccc(-c3ccccc3C#N)o2)CC1. The predicted molar refractivity (Wildman–Crippen MR) is 92.7 cm³/mol. The number of carbonyl (C=O) groups excluding carboxylic acids is 1. The summed E-state index contributed by atoms with van der Waals surface area (Å²) in [6.45, 7) is 5.78. The van der Waals surface area contributed by atoms with E-state index in [1.54, 1.807) is 11.0 Å². The lowest BCUT2D eigenvalue weighted by molar-refractivity contribution is 0.0761. The van der Waals surface area contributed by atoms with Crippen LogP contribution in [0.25, 0.3) is 11.3 Å². The second-order valence-electron chi connectivity index (χ2n) is 5.89. The van der Waals surface area contributed by atoms with Gasteiger partial charge in [-0.3, -0.25) is 4.90 Å². The maximum absolute atomic E-state index is 11.7. The summed E-state index contributed by atoms with van der Waals surface area (Å²) in [5, 5.41) is 9.21. The average molecular weight is 339 g/mol. The number of piperazine rings is 1. The van der Waals surface area contributed by atoms with E-state index in [-0.39, 0.29) is 6.09 Å². The Kier molecular flexibility index (Phi) is 5.36. The van der Waals surface area contributed by atoms with Crippen LogP contribution in [0, 0.1) is 11.3 Å². The lowest BCUT2D eigenvalue weighted by atomic mass is 10.1. The summed E-state index contributed by atoms with van der Waals surface area (Å²) in [7, 11) is 0. The molecule has 0 radical (unpaired) electrons. The van der Waals surface area contributed by atoms with Gasteiger partial charge in [-0.25, -0.2) is 4.79 Å². The first-order chi connectivity index (χ1) is 12.2. The first kappa shape index (κ1) is 17.1. The van der Waals surface area contributed by atoms with Gasteiger partial charge in [0.2, 0.25) is 0 Å². The molecule has 0 aliphatic carbocycles. The van der Waals surface area contributed by atoms with Crippen LogP contribution in [0.15, 0.2) is 40.8 Å². The Labute approximate surface area is 147 Å². The van der Waals surface area contributed by atoms with Crippen LogP contribution in [0.1, 0.15) is 18.2 Å². The predicted octanol–water partition coefficient (Wildman–Crippen LogP) is 3.09. The number of nitriles is 1. The van der Waals surface area contributed by atoms with Crippen LogP contribution in [0.2, 0.25) is 0 Å². The lowest BCUT2D eigenvalue weighted by Gasteiger charge is -2.33. The Bertz CT molecular complexity index is 770. The van der Waals surface area contributed by atoms with Crippen molar-refractivity contribution >= 4 is 6.09 Å². The van der Waals surface area contributed by atoms with E-state index >= 15 is 0 Å². The van der Waals surface area contributed by atoms with Gasteiger partial charge in [-0.2, -0.15) is 5.26 Å². The summed E-state index contributed by atoms with van der Waals surface area (Å²) in [5.74, 6) is 1.56. The number of amides is 1. The maximum Gasteiger partial charge on any atom is 0.409 e. The highest BCUT2D eigenvalue weighted by Crippen LogP contribution is 2.26. The standard InChI is InChI=1S/C19H21N3O3/c1-2-24-19(23)22-11-9-21(10-12-22)14-16-7-8-18(25-16)17-6-4-3-5-15(17)13-20/h3-8H,2,9-12,14H2,1H3. The Morgan fingerprint density at radius 2 is 1.96 bits per heavy atom. The molecule has 1 aromatic carbocycles. The molecule has 1 fully saturated rings. The second-order valence-corrected chi connectivity index (χ2v) is 5.89. The third-order valence-electron chi connectivity index (χ3n) is 4.25. The van der Waals surface area contributed by atoms with Crippen molar-refractivity contribution in [1.82, 2.24) is 9.80 Å². The van der Waals surface area contributed by atoms with Gasteiger partial charge in [-0.05, 0) is 31.2 Å². The molecule has 6 nitrogen and oxygen atoms in total. The smallest absolute Gasteiger partial charge is 0.409 e. The summed E-state index contributed by atoms with van der Waals surface area (Å²) < 4.78 is 11.0. The molecule has 0 atom stereocenters. The minimum absolute atomic E-state index is 0.240. The molecule has 0 bridgehead atoms. The Morgan fingerprint density at radius 3 is 2.68 bits per heavy atom. The van der Waals surface area contributed by atoms with Crippen molar-refractivity contribution in [3.05, 3.63) is 47.7 Å². The normalized spacial score (nSPS) is 15.0. The van der Waals surface area contributed by atoms with Gasteiger partial charge in [0.05, 0.1) is 24.8 Å². The van der Waals surface area contributed by atoms with Crippen LogP contribution in [0.4, 0.5) is 4.79 Å². The van der Waals surface area contributed by atoms with Crippen LogP contribution < -0.4 is 0 Å². The fourth-order valence-electron chi connectivity index (χ4n) is 2.93. The molecule has 0 spiro atoms. The van der Waals surface area contributed by atoms with Gasteiger partial charge in [-0.15, -0.1) is 0 Å². The fourth-order valence-corrected chi connectivity index (χ4v) is 2.93. The maximum atomic E-state index is 11.7. The third-order valence-corrected chi connectivity index (χ3v) is 4.25. The highest BCUT2D eigenvalue weighted by molar-refractivity contribution is 5.67. The molecule has 0 saturated carbocycles. The van der Waals surface area contributed by atoms with Gasteiger partial charge in [0.15, 0.2) is 0 Å². The third kappa shape index (κ3) is 4.01. The Balaban J connectivity index is 1.60. The van der Waals surface area contributed by atoms with E-state index in [9.17, 15) is 10.1 Å². The minimum Gasteiger partial charge on any atom is -0.460 e. The van der Waals surface area contributed by atoms with Crippen molar-refractivity contribution < 1.29 is 13.9 Å². The largest absolute Gasteiger partial charge is 0.460 e. The van der Waals surface area contributed by atoms with Crippen molar-refractivity contribution in [3.8, 4) is 17.4 Å². The average Bonchev–Trinajstić information content (AvgIpc) is 3.11. The van der Waals surface area contributed by atoms with Crippen molar-refractivity contribution in [2.75, 3.05) is 32.8 Å². The zero-order valence-corrected chi connectivity index (χ0v) is 14.3. The topological polar surface area (TPSA) is 69.7 Å². The number of nitrogens with zero attached hydrogens (tertiary/aromatic N) is 3. The molecular weight excluding hydrogens is 318 g/mol. The van der Waals surface area contributed by atoms with Crippen molar-refractivity contribution in [3.63, 3.8) is 0 Å². The number of hydrogen-bond donors (Lipinski definition) is 0. The second kappa shape index (κ2) is 7.86.